The maximum Gasteiger partial charge on any atom is 0.337 e. The molecule has 2 bridgehead atoms. The molecule has 2 unspecified atom stereocenters. The van der Waals surface area contributed by atoms with Crippen LogP contribution in [0.4, 0.5) is 0 Å². The van der Waals surface area contributed by atoms with Gasteiger partial charge in [0.15, 0.2) is 0 Å². The summed E-state index contributed by atoms with van der Waals surface area (Å²) in [6, 6.07) is 15.1. The molecular formula is C33H37N3O3. The number of nitrogens with zero attached hydrogens (tertiary/aromatic N) is 3. The molecular weight excluding hydrogens is 486 g/mol. The summed E-state index contributed by atoms with van der Waals surface area (Å²) in [5.41, 5.74) is 7.29. The zero-order valence-electron chi connectivity index (χ0n) is 23.0. The second-order valence-electron chi connectivity index (χ2n) is 12.0. The van der Waals surface area contributed by atoms with E-state index in [0.29, 0.717) is 18.0 Å². The van der Waals surface area contributed by atoms with Crippen molar-refractivity contribution in [2.75, 3.05) is 27.2 Å². The van der Waals surface area contributed by atoms with Gasteiger partial charge in [0.1, 0.15) is 0 Å². The van der Waals surface area contributed by atoms with E-state index in [1.54, 1.807) is 0 Å². The average Bonchev–Trinajstić information content (AvgIpc) is 3.35. The SMILES string of the molecule is COC(=O)c1ccc2c(C3CCCCC3)c3n(c2c1)CC(C(=O)N1C2CCC1CN(C)C2)=Cc1ccccc1-3. The van der Waals surface area contributed by atoms with Gasteiger partial charge in [0, 0.05) is 47.2 Å². The molecule has 3 aliphatic heterocycles. The predicted octanol–water partition coefficient (Wildman–Crippen LogP) is 5.84. The van der Waals surface area contributed by atoms with Gasteiger partial charge in [0.05, 0.1) is 24.9 Å². The lowest BCUT2D eigenvalue weighted by Crippen LogP contribution is -2.55. The average molecular weight is 524 g/mol. The van der Waals surface area contributed by atoms with Crippen molar-refractivity contribution in [3.8, 4) is 11.3 Å². The van der Waals surface area contributed by atoms with Crippen LogP contribution in [-0.4, -0.2) is 65.6 Å². The van der Waals surface area contributed by atoms with Gasteiger partial charge in [-0.05, 0) is 68.0 Å². The molecule has 3 fully saturated rings. The third kappa shape index (κ3) is 4.03. The largest absolute Gasteiger partial charge is 0.465 e. The predicted molar refractivity (Wildman–Crippen MR) is 154 cm³/mol. The summed E-state index contributed by atoms with van der Waals surface area (Å²) in [5.74, 6) is 0.310. The standard InChI is InChI=1S/C33H37N3O3/c1-34-19-25-13-14-26(20-34)36(25)32(37)24-16-22-10-6-7-11-27(22)31-30(21-8-4-3-5-9-21)28-15-12-23(33(38)39-2)17-29(28)35(31)18-24/h6-7,10-12,15-17,21,25-26H,3-5,8-9,13-14,18-20H2,1-2H3. The summed E-state index contributed by atoms with van der Waals surface area (Å²) in [6.07, 6.45) is 10.4. The van der Waals surface area contributed by atoms with Crippen LogP contribution in [0.15, 0.2) is 48.0 Å². The van der Waals surface area contributed by atoms with Gasteiger partial charge < -0.3 is 19.1 Å². The minimum Gasteiger partial charge on any atom is -0.465 e. The van der Waals surface area contributed by atoms with E-state index < -0.39 is 0 Å². The van der Waals surface area contributed by atoms with Crippen molar-refractivity contribution >= 4 is 28.9 Å². The summed E-state index contributed by atoms with van der Waals surface area (Å²) in [7, 11) is 3.59. The van der Waals surface area contributed by atoms with E-state index in [-0.39, 0.29) is 24.0 Å². The summed E-state index contributed by atoms with van der Waals surface area (Å²) in [5, 5.41) is 1.20. The first kappa shape index (κ1) is 24.6. The number of hydrogen-bond donors (Lipinski definition) is 0. The van der Waals surface area contributed by atoms with E-state index in [0.717, 1.165) is 42.6 Å². The van der Waals surface area contributed by atoms with Crippen LogP contribution < -0.4 is 0 Å². The quantitative estimate of drug-likeness (QED) is 0.405. The molecule has 2 saturated heterocycles. The topological polar surface area (TPSA) is 54.8 Å². The van der Waals surface area contributed by atoms with Crippen LogP contribution in [0.1, 0.15) is 72.3 Å². The lowest BCUT2D eigenvalue weighted by molar-refractivity contribution is -0.132. The monoisotopic (exact) mass is 523 g/mol. The Morgan fingerprint density at radius 1 is 0.923 bits per heavy atom. The van der Waals surface area contributed by atoms with E-state index in [4.69, 9.17) is 4.74 Å². The number of aromatic nitrogens is 1. The molecule has 4 aliphatic rings. The van der Waals surface area contributed by atoms with Gasteiger partial charge in [-0.2, -0.15) is 0 Å². The summed E-state index contributed by atoms with van der Waals surface area (Å²) in [4.78, 5) is 31.4. The highest BCUT2D eigenvalue weighted by molar-refractivity contribution is 6.04. The molecule has 0 spiro atoms. The van der Waals surface area contributed by atoms with Crippen molar-refractivity contribution < 1.29 is 14.3 Å². The Bertz CT molecular complexity index is 1480. The van der Waals surface area contributed by atoms with Gasteiger partial charge in [0.25, 0.3) is 5.91 Å². The molecule has 1 amide bonds. The number of esters is 1. The number of methoxy groups -OCH3 is 1. The number of carbonyl (C=O) groups is 2. The lowest BCUT2D eigenvalue weighted by atomic mass is 9.81. The normalized spacial score (nSPS) is 23.2. The molecule has 0 radical (unpaired) electrons. The number of likely N-dealkylation sites (tertiary alicyclic amines) is 1. The first-order chi connectivity index (χ1) is 19.0. The maximum atomic E-state index is 14.3. The zero-order valence-corrected chi connectivity index (χ0v) is 23.0. The second kappa shape index (κ2) is 9.67. The number of likely N-dealkylation sites (N-methyl/N-ethyl adjacent to an activating group) is 1. The van der Waals surface area contributed by atoms with Crippen molar-refractivity contribution in [3.63, 3.8) is 0 Å². The Morgan fingerprint density at radius 2 is 1.67 bits per heavy atom. The first-order valence-electron chi connectivity index (χ1n) is 14.6. The molecule has 1 aliphatic carbocycles. The van der Waals surface area contributed by atoms with Crippen LogP contribution in [0.5, 0.6) is 0 Å². The minimum atomic E-state index is -0.332. The van der Waals surface area contributed by atoms with Crippen molar-refractivity contribution in [1.29, 1.82) is 0 Å². The molecule has 3 aromatic rings. The molecule has 4 heterocycles. The second-order valence-corrected chi connectivity index (χ2v) is 12.0. The molecule has 6 nitrogen and oxygen atoms in total. The van der Waals surface area contributed by atoms with E-state index in [1.807, 2.05) is 12.1 Å². The first-order valence-corrected chi connectivity index (χ1v) is 14.6. The Morgan fingerprint density at radius 3 is 2.41 bits per heavy atom. The zero-order chi connectivity index (χ0) is 26.7. The van der Waals surface area contributed by atoms with Crippen LogP contribution in [0.2, 0.25) is 0 Å². The molecule has 6 heteroatoms. The van der Waals surface area contributed by atoms with Gasteiger partial charge in [-0.25, -0.2) is 4.79 Å². The number of hydrogen-bond acceptors (Lipinski definition) is 4. The Balaban J connectivity index is 1.42. The van der Waals surface area contributed by atoms with Crippen LogP contribution in [-0.2, 0) is 16.1 Å². The van der Waals surface area contributed by atoms with Gasteiger partial charge >= 0.3 is 5.97 Å². The number of benzene rings is 2. The summed E-state index contributed by atoms with van der Waals surface area (Å²) in [6.45, 7) is 2.39. The number of carbonyl (C=O) groups excluding carboxylic acids is 2. The van der Waals surface area contributed by atoms with Crippen LogP contribution in [0.25, 0.3) is 28.2 Å². The van der Waals surface area contributed by atoms with E-state index in [1.165, 1.54) is 61.4 Å². The molecule has 0 N–H and O–H groups in total. The van der Waals surface area contributed by atoms with Crippen molar-refractivity contribution in [1.82, 2.24) is 14.4 Å². The highest BCUT2D eigenvalue weighted by Gasteiger charge is 2.43. The number of amides is 1. The number of ether oxygens (including phenoxy) is 1. The number of rotatable bonds is 3. The van der Waals surface area contributed by atoms with Gasteiger partial charge in [-0.15, -0.1) is 0 Å². The van der Waals surface area contributed by atoms with Crippen molar-refractivity contribution in [2.45, 2.75) is 69.5 Å². The third-order valence-corrected chi connectivity index (χ3v) is 9.59. The van der Waals surface area contributed by atoms with Crippen molar-refractivity contribution in [2.24, 2.45) is 0 Å². The highest BCUT2D eigenvalue weighted by Crippen LogP contribution is 2.47. The molecule has 2 aromatic carbocycles. The number of piperazine rings is 1. The summed E-state index contributed by atoms with van der Waals surface area (Å²) >= 11 is 0. The van der Waals surface area contributed by atoms with E-state index >= 15 is 0 Å². The lowest BCUT2D eigenvalue weighted by Gasteiger charge is -2.40. The van der Waals surface area contributed by atoms with Gasteiger partial charge in [0.2, 0.25) is 0 Å². The molecule has 1 saturated carbocycles. The smallest absolute Gasteiger partial charge is 0.337 e. The fourth-order valence-electron chi connectivity index (χ4n) is 7.86. The van der Waals surface area contributed by atoms with E-state index in [9.17, 15) is 9.59 Å². The maximum absolute atomic E-state index is 14.3. The molecule has 39 heavy (non-hydrogen) atoms. The Labute approximate surface area is 230 Å². The summed E-state index contributed by atoms with van der Waals surface area (Å²) < 4.78 is 7.42. The third-order valence-electron chi connectivity index (χ3n) is 9.59. The van der Waals surface area contributed by atoms with Crippen LogP contribution >= 0.6 is 0 Å². The highest BCUT2D eigenvalue weighted by atomic mass is 16.5. The van der Waals surface area contributed by atoms with Crippen LogP contribution in [0.3, 0.4) is 0 Å². The molecule has 202 valence electrons. The van der Waals surface area contributed by atoms with Gasteiger partial charge in [-0.3, -0.25) is 4.79 Å². The fraction of sp³-hybridized carbons (Fsp3) is 0.455. The molecule has 1 aromatic heterocycles. The van der Waals surface area contributed by atoms with Crippen LogP contribution in [0, 0.1) is 0 Å². The molecule has 7 rings (SSSR count). The Hall–Kier alpha value is -3.38. The number of fused-ring (bicyclic) bond motifs is 7. The molecule has 2 atom stereocenters. The Kier molecular flexibility index (Phi) is 6.11. The van der Waals surface area contributed by atoms with Crippen molar-refractivity contribution in [3.05, 3.63) is 64.7 Å². The minimum absolute atomic E-state index is 0.170. The van der Waals surface area contributed by atoms with E-state index in [2.05, 4.69) is 57.8 Å². The van der Waals surface area contributed by atoms with Gasteiger partial charge in [-0.1, -0.05) is 49.6 Å². The fourth-order valence-corrected chi connectivity index (χ4v) is 7.86.